The van der Waals surface area contributed by atoms with Crippen molar-refractivity contribution in [3.63, 3.8) is 0 Å². The van der Waals surface area contributed by atoms with Crippen molar-refractivity contribution < 1.29 is 30.5 Å². The molecular weight excluding hydrogens is 652 g/mol. The fraction of sp³-hybridized carbons (Fsp3) is 0.318. The van der Waals surface area contributed by atoms with Gasteiger partial charge in [-0.2, -0.15) is 21.4 Å². The zero-order chi connectivity index (χ0) is 27.7. The molecule has 8 nitrogen and oxygen atoms in total. The molecule has 4 heterocycles. The predicted molar refractivity (Wildman–Crippen MR) is 160 cm³/mol. The lowest BCUT2D eigenvalue weighted by atomic mass is 10.2. The van der Waals surface area contributed by atoms with Crippen LogP contribution in [0.15, 0.2) is 43.8 Å². The average Bonchev–Trinajstić information content (AvgIpc) is 3.54. The zero-order valence-corrected chi connectivity index (χ0v) is 26.2. The number of anilines is 1. The molecular formula is C22H23Cl2N2O6S6+. The van der Waals surface area contributed by atoms with Gasteiger partial charge >= 0.3 is 0 Å². The molecule has 0 fully saturated rings. The second kappa shape index (κ2) is 12.3. The fourth-order valence-corrected chi connectivity index (χ4v) is 9.97. The van der Waals surface area contributed by atoms with E-state index in [9.17, 15) is 16.8 Å². The monoisotopic (exact) mass is 673 g/mol. The number of hydrogen-bond acceptors (Lipinski definition) is 9. The normalized spacial score (nSPS) is 16.0. The highest BCUT2D eigenvalue weighted by Gasteiger charge is 2.29. The van der Waals surface area contributed by atoms with Gasteiger partial charge in [0.2, 0.25) is 0 Å². The molecule has 16 heteroatoms. The molecule has 0 aromatic carbocycles. The minimum absolute atomic E-state index is 0.251. The summed E-state index contributed by atoms with van der Waals surface area (Å²) in [5.74, 6) is -0.661. The van der Waals surface area contributed by atoms with E-state index in [1.807, 2.05) is 51.5 Å². The highest BCUT2D eigenvalue weighted by Crippen LogP contribution is 2.53. The molecule has 1 aliphatic rings. The smallest absolute Gasteiger partial charge is 0.265 e. The number of thiazole rings is 1. The summed E-state index contributed by atoms with van der Waals surface area (Å²) in [5, 5.41) is 6.70. The van der Waals surface area contributed by atoms with Gasteiger partial charge in [0.15, 0.2) is 10.6 Å². The molecule has 4 rings (SSSR count). The van der Waals surface area contributed by atoms with Gasteiger partial charge in [0.25, 0.3) is 30.8 Å². The Hall–Kier alpha value is -0.940. The molecule has 38 heavy (non-hydrogen) atoms. The van der Waals surface area contributed by atoms with E-state index in [-0.39, 0.29) is 24.3 Å². The maximum Gasteiger partial charge on any atom is 0.265 e. The maximum absolute atomic E-state index is 11.2. The predicted octanol–water partition coefficient (Wildman–Crippen LogP) is 6.59. The van der Waals surface area contributed by atoms with Crippen LogP contribution in [0.5, 0.6) is 0 Å². The summed E-state index contributed by atoms with van der Waals surface area (Å²) >= 11 is 18.9. The Balaban J connectivity index is 1.54. The number of aromatic nitrogens is 1. The molecule has 0 atom stereocenters. The minimum Gasteiger partial charge on any atom is -0.333 e. The Kier molecular flexibility index (Phi) is 9.71. The third-order valence-electron chi connectivity index (χ3n) is 5.39. The molecule has 3 aromatic rings. The molecule has 0 bridgehead atoms. The van der Waals surface area contributed by atoms with E-state index < -0.39 is 20.2 Å². The second-order valence-electron chi connectivity index (χ2n) is 8.31. The number of halogens is 2. The van der Waals surface area contributed by atoms with E-state index in [0.29, 0.717) is 23.1 Å². The van der Waals surface area contributed by atoms with E-state index in [2.05, 4.69) is 0 Å². The summed E-state index contributed by atoms with van der Waals surface area (Å²) in [7, 11) is -8.09. The highest BCUT2D eigenvalue weighted by molar-refractivity contribution is 8.05. The van der Waals surface area contributed by atoms with Crippen LogP contribution in [0.1, 0.15) is 24.8 Å². The van der Waals surface area contributed by atoms with Crippen LogP contribution in [-0.2, 0) is 26.8 Å². The Morgan fingerprint density at radius 2 is 1.74 bits per heavy atom. The van der Waals surface area contributed by atoms with Crippen LogP contribution < -0.4 is 9.47 Å². The van der Waals surface area contributed by atoms with Crippen molar-refractivity contribution in [2.45, 2.75) is 30.5 Å². The summed E-state index contributed by atoms with van der Waals surface area (Å²) in [5.41, 5.74) is 2.65. The maximum atomic E-state index is 11.2. The molecule has 1 aliphatic heterocycles. The van der Waals surface area contributed by atoms with Crippen molar-refractivity contribution in [1.82, 2.24) is 0 Å². The largest absolute Gasteiger partial charge is 0.333 e. The van der Waals surface area contributed by atoms with Crippen molar-refractivity contribution in [3.8, 4) is 0 Å². The number of aryl methyl sites for hydroxylation is 1. The zero-order valence-electron chi connectivity index (χ0n) is 19.8. The fourth-order valence-electron chi connectivity index (χ4n) is 3.74. The quantitative estimate of drug-likeness (QED) is 0.133. The first-order valence-corrected chi connectivity index (χ1v) is 18.5. The average molecular weight is 675 g/mol. The van der Waals surface area contributed by atoms with Crippen molar-refractivity contribution in [3.05, 3.63) is 54.6 Å². The van der Waals surface area contributed by atoms with Crippen molar-refractivity contribution in [1.29, 1.82) is 0 Å². The third kappa shape index (κ3) is 7.62. The molecule has 3 aromatic heterocycles. The van der Waals surface area contributed by atoms with Gasteiger partial charge in [0.1, 0.15) is 5.02 Å². The number of rotatable bonds is 11. The van der Waals surface area contributed by atoms with Gasteiger partial charge in [-0.05, 0) is 19.4 Å². The van der Waals surface area contributed by atoms with Crippen LogP contribution in [0, 0.1) is 0 Å². The second-order valence-corrected chi connectivity index (χ2v) is 16.6. The van der Waals surface area contributed by atoms with Crippen LogP contribution >= 0.6 is 69.0 Å². The summed E-state index contributed by atoms with van der Waals surface area (Å²) in [6.45, 7) is 2.73. The summed E-state index contributed by atoms with van der Waals surface area (Å²) < 4.78 is 66.9. The molecule has 0 aliphatic carbocycles. The molecule has 0 saturated carbocycles. The molecule has 0 spiro atoms. The lowest BCUT2D eigenvalue weighted by Crippen LogP contribution is -2.36. The molecule has 0 radical (unpaired) electrons. The van der Waals surface area contributed by atoms with Crippen LogP contribution in [0.2, 0.25) is 10.0 Å². The van der Waals surface area contributed by atoms with Gasteiger partial charge in [0, 0.05) is 29.8 Å². The van der Waals surface area contributed by atoms with Gasteiger partial charge in [-0.15, -0.1) is 22.7 Å². The van der Waals surface area contributed by atoms with Gasteiger partial charge in [-0.25, -0.2) is 0 Å². The lowest BCUT2D eigenvalue weighted by Gasteiger charge is -2.20. The Morgan fingerprint density at radius 3 is 2.45 bits per heavy atom. The summed E-state index contributed by atoms with van der Waals surface area (Å²) in [4.78, 5) is 1.97. The Morgan fingerprint density at radius 1 is 1.05 bits per heavy atom. The Bertz CT molecular complexity index is 1650. The van der Waals surface area contributed by atoms with E-state index >= 15 is 0 Å². The van der Waals surface area contributed by atoms with E-state index in [4.69, 9.17) is 32.3 Å². The van der Waals surface area contributed by atoms with Crippen molar-refractivity contribution >= 4 is 111 Å². The van der Waals surface area contributed by atoms with Crippen molar-refractivity contribution in [2.75, 3.05) is 23.0 Å². The number of thioether (sulfide) groups is 1. The first kappa shape index (κ1) is 30.0. The summed E-state index contributed by atoms with van der Waals surface area (Å²) in [6, 6.07) is 0. The number of nitrogens with zero attached hydrogens (tertiary/aromatic N) is 2. The number of allylic oxidation sites excluding steroid dienone is 4. The number of fused-ring (bicyclic) bond motifs is 2. The van der Waals surface area contributed by atoms with Gasteiger partial charge in [-0.3, -0.25) is 9.11 Å². The van der Waals surface area contributed by atoms with E-state index in [1.165, 1.54) is 22.7 Å². The van der Waals surface area contributed by atoms with Gasteiger partial charge in [0.05, 0.1) is 31.5 Å². The van der Waals surface area contributed by atoms with Crippen molar-refractivity contribution in [2.24, 2.45) is 0 Å². The first-order chi connectivity index (χ1) is 17.8. The topological polar surface area (TPSA) is 116 Å². The highest BCUT2D eigenvalue weighted by atomic mass is 35.5. The van der Waals surface area contributed by atoms with Crippen LogP contribution in [-0.4, -0.2) is 44.0 Å². The van der Waals surface area contributed by atoms with Gasteiger partial charge < -0.3 is 4.90 Å². The number of hydrogen-bond donors (Lipinski definition) is 2. The van der Waals surface area contributed by atoms with Crippen LogP contribution in [0.4, 0.5) is 5.69 Å². The molecule has 2 N–H and O–H groups in total. The van der Waals surface area contributed by atoms with E-state index in [1.54, 1.807) is 23.1 Å². The van der Waals surface area contributed by atoms with Crippen LogP contribution in [0.25, 0.3) is 15.6 Å². The SMILES string of the molecule is CC(C=Cc1sc2scc(Cl)c2[n+]1CCCS(=O)(=O)O)=CC=C1Sc2scc(Cl)c2N1CCCS(=O)(=O)O. The molecule has 206 valence electrons. The molecule has 0 unspecified atom stereocenters. The van der Waals surface area contributed by atoms with Gasteiger partial charge in [-0.1, -0.05) is 64.0 Å². The summed E-state index contributed by atoms with van der Waals surface area (Å²) in [6.07, 6.45) is 8.30. The lowest BCUT2D eigenvalue weighted by molar-refractivity contribution is -0.668. The first-order valence-electron chi connectivity index (χ1n) is 11.1. The standard InChI is InChI=1S/C22H22Cl2N2O6S6/c1-14(4-6-17-25(8-2-10-37(27,28)29)19-15(23)12-33-21(19)35-17)5-7-18-26(9-3-11-38(30,31)32)20-16(24)13-34-22(20)36-18/h4-7,12-13H,2-3,8-11H2,1H3,(H-,27,28,29,30,31,32)/p+1. The Labute approximate surface area is 247 Å². The molecule has 0 saturated heterocycles. The van der Waals surface area contributed by atoms with E-state index in [0.717, 1.165) is 35.0 Å². The third-order valence-corrected chi connectivity index (χ3v) is 12.3. The minimum atomic E-state index is -4.05. The molecule has 0 amide bonds. The van der Waals surface area contributed by atoms with Crippen LogP contribution in [0.3, 0.4) is 0 Å². The number of thiophene rings is 2.